The van der Waals surface area contributed by atoms with Crippen molar-refractivity contribution in [3.8, 4) is 5.75 Å². The third kappa shape index (κ3) is 2.01. The number of hydrogen-bond acceptors (Lipinski definition) is 3. The Labute approximate surface area is 89.8 Å². The molecule has 0 saturated carbocycles. The summed E-state index contributed by atoms with van der Waals surface area (Å²) in [4.78, 5) is 22.7. The molecule has 3 nitrogen and oxygen atoms in total. The SMILES string of the molecule is COc1cccc(C(C)=O)c(Br)c1=O. The molecule has 1 aromatic carbocycles. The smallest absolute Gasteiger partial charge is 0.235 e. The maximum atomic E-state index is 11.6. The van der Waals surface area contributed by atoms with Crippen LogP contribution >= 0.6 is 15.9 Å². The lowest BCUT2D eigenvalue weighted by Gasteiger charge is -1.94. The molecular weight excluding hydrogens is 248 g/mol. The van der Waals surface area contributed by atoms with Gasteiger partial charge in [0.25, 0.3) is 0 Å². The second kappa shape index (κ2) is 4.37. The van der Waals surface area contributed by atoms with E-state index in [0.717, 1.165) is 0 Å². The van der Waals surface area contributed by atoms with Crippen molar-refractivity contribution in [1.82, 2.24) is 0 Å². The summed E-state index contributed by atoms with van der Waals surface area (Å²) in [6.45, 7) is 1.41. The molecule has 0 aliphatic carbocycles. The molecule has 0 aromatic heterocycles. The van der Waals surface area contributed by atoms with Crippen LogP contribution in [0.2, 0.25) is 0 Å². The van der Waals surface area contributed by atoms with Crippen molar-refractivity contribution in [2.75, 3.05) is 7.11 Å². The predicted octanol–water partition coefficient (Wildman–Crippen LogP) is 2.02. The van der Waals surface area contributed by atoms with Gasteiger partial charge in [-0.2, -0.15) is 0 Å². The average molecular weight is 257 g/mol. The van der Waals surface area contributed by atoms with Crippen molar-refractivity contribution in [3.05, 3.63) is 38.5 Å². The van der Waals surface area contributed by atoms with Crippen molar-refractivity contribution in [2.24, 2.45) is 0 Å². The van der Waals surface area contributed by atoms with Gasteiger partial charge in [-0.05, 0) is 28.9 Å². The van der Waals surface area contributed by atoms with Crippen LogP contribution in [0.3, 0.4) is 0 Å². The Morgan fingerprint density at radius 2 is 2.07 bits per heavy atom. The molecule has 0 saturated heterocycles. The summed E-state index contributed by atoms with van der Waals surface area (Å²) in [5.41, 5.74) is 0.0426. The van der Waals surface area contributed by atoms with Crippen molar-refractivity contribution in [2.45, 2.75) is 6.92 Å². The fourth-order valence-corrected chi connectivity index (χ4v) is 1.65. The predicted molar refractivity (Wildman–Crippen MR) is 57.0 cm³/mol. The summed E-state index contributed by atoms with van der Waals surface area (Å²) in [5.74, 6) is 0.0524. The molecule has 0 aliphatic rings. The average Bonchev–Trinajstić information content (AvgIpc) is 2.28. The molecule has 0 N–H and O–H groups in total. The lowest BCUT2D eigenvalue weighted by Crippen LogP contribution is -2.06. The number of ketones is 1. The van der Waals surface area contributed by atoms with Gasteiger partial charge in [0.05, 0.1) is 11.6 Å². The molecule has 74 valence electrons. The van der Waals surface area contributed by atoms with Gasteiger partial charge in [-0.3, -0.25) is 9.59 Å². The van der Waals surface area contributed by atoms with Crippen molar-refractivity contribution in [1.29, 1.82) is 0 Å². The van der Waals surface area contributed by atoms with Crippen molar-refractivity contribution >= 4 is 21.7 Å². The highest BCUT2D eigenvalue weighted by Crippen LogP contribution is 2.14. The van der Waals surface area contributed by atoms with E-state index in [1.165, 1.54) is 20.1 Å². The first-order valence-corrected chi connectivity index (χ1v) is 4.75. The third-order valence-electron chi connectivity index (χ3n) is 1.77. The van der Waals surface area contributed by atoms with Crippen LogP contribution in [0.4, 0.5) is 0 Å². The second-order valence-corrected chi connectivity index (χ2v) is 3.50. The minimum Gasteiger partial charge on any atom is -0.493 e. The Balaban J connectivity index is 3.57. The first-order chi connectivity index (χ1) is 6.57. The largest absolute Gasteiger partial charge is 0.493 e. The molecule has 0 heterocycles. The summed E-state index contributed by atoms with van der Waals surface area (Å²) in [7, 11) is 1.41. The first-order valence-electron chi connectivity index (χ1n) is 3.95. The fraction of sp³-hybridized carbons (Fsp3) is 0.200. The highest BCUT2D eigenvalue weighted by Gasteiger charge is 2.09. The standard InChI is InChI=1S/C10H9BrO3/c1-6(12)7-4-3-5-8(14-2)10(13)9(7)11/h3-5H,1-2H3. The van der Waals surface area contributed by atoms with Gasteiger partial charge in [-0.15, -0.1) is 0 Å². The Kier molecular flexibility index (Phi) is 3.41. The van der Waals surface area contributed by atoms with Gasteiger partial charge in [-0.1, -0.05) is 12.1 Å². The number of carbonyl (C=O) groups excluding carboxylic acids is 1. The summed E-state index contributed by atoms with van der Waals surface area (Å²) in [6.07, 6.45) is 0. The zero-order valence-electron chi connectivity index (χ0n) is 7.83. The number of ether oxygens (including phenoxy) is 1. The number of Topliss-reactive ketones (excluding diaryl/α,β-unsaturated/α-hetero) is 1. The molecule has 1 aromatic rings. The van der Waals surface area contributed by atoms with Gasteiger partial charge < -0.3 is 4.74 Å². The zero-order valence-corrected chi connectivity index (χ0v) is 9.42. The minimum absolute atomic E-state index is 0.160. The molecule has 0 aliphatic heterocycles. The Bertz CT molecular complexity index is 426. The highest BCUT2D eigenvalue weighted by molar-refractivity contribution is 9.10. The monoisotopic (exact) mass is 256 g/mol. The van der Waals surface area contributed by atoms with Gasteiger partial charge in [0, 0.05) is 5.56 Å². The number of hydrogen-bond donors (Lipinski definition) is 0. The maximum absolute atomic E-state index is 11.6. The van der Waals surface area contributed by atoms with E-state index in [0.29, 0.717) is 5.56 Å². The summed E-state index contributed by atoms with van der Waals surface area (Å²) in [6, 6.07) is 4.72. The molecule has 0 radical (unpaired) electrons. The topological polar surface area (TPSA) is 43.4 Å². The van der Waals surface area contributed by atoms with E-state index in [9.17, 15) is 9.59 Å². The summed E-state index contributed by atoms with van der Waals surface area (Å²) in [5, 5.41) is 0. The van der Waals surface area contributed by atoms with Crippen LogP contribution in [-0.2, 0) is 0 Å². The molecule has 0 unspecified atom stereocenters. The van der Waals surface area contributed by atoms with Crippen LogP contribution in [0.15, 0.2) is 27.5 Å². The number of methoxy groups -OCH3 is 1. The minimum atomic E-state index is -0.317. The van der Waals surface area contributed by atoms with Crippen LogP contribution in [0.25, 0.3) is 0 Å². The highest BCUT2D eigenvalue weighted by atomic mass is 79.9. The molecule has 0 bridgehead atoms. The number of carbonyl (C=O) groups is 1. The van der Waals surface area contributed by atoms with E-state index in [1.54, 1.807) is 12.1 Å². The molecule has 1 rings (SSSR count). The van der Waals surface area contributed by atoms with Crippen LogP contribution in [0.1, 0.15) is 17.3 Å². The quantitative estimate of drug-likeness (QED) is 0.761. The van der Waals surface area contributed by atoms with Crippen LogP contribution in [0, 0.1) is 0 Å². The third-order valence-corrected chi connectivity index (χ3v) is 2.56. The molecule has 4 heteroatoms. The fourth-order valence-electron chi connectivity index (χ4n) is 1.04. The van der Waals surface area contributed by atoms with Gasteiger partial charge in [-0.25, -0.2) is 0 Å². The Morgan fingerprint density at radius 3 is 2.57 bits per heavy atom. The molecular formula is C10H9BrO3. The molecule has 0 atom stereocenters. The second-order valence-electron chi connectivity index (χ2n) is 2.71. The molecule has 0 fully saturated rings. The van der Waals surface area contributed by atoms with Gasteiger partial charge in [0.2, 0.25) is 5.43 Å². The summed E-state index contributed by atoms with van der Waals surface area (Å²) >= 11 is 3.09. The van der Waals surface area contributed by atoms with E-state index >= 15 is 0 Å². The molecule has 0 spiro atoms. The summed E-state index contributed by atoms with van der Waals surface area (Å²) < 4.78 is 5.11. The maximum Gasteiger partial charge on any atom is 0.235 e. The Hall–Kier alpha value is -1.16. The van der Waals surface area contributed by atoms with E-state index < -0.39 is 0 Å². The van der Waals surface area contributed by atoms with E-state index in [2.05, 4.69) is 15.9 Å². The van der Waals surface area contributed by atoms with E-state index in [1.807, 2.05) is 0 Å². The normalized spacial score (nSPS) is 9.64. The van der Waals surface area contributed by atoms with E-state index in [4.69, 9.17) is 4.74 Å². The first kappa shape index (κ1) is 10.9. The molecule has 0 amide bonds. The Morgan fingerprint density at radius 1 is 1.43 bits per heavy atom. The lowest BCUT2D eigenvalue weighted by molar-refractivity contribution is 0.101. The van der Waals surface area contributed by atoms with Crippen molar-refractivity contribution in [3.63, 3.8) is 0 Å². The molecule has 14 heavy (non-hydrogen) atoms. The van der Waals surface area contributed by atoms with Gasteiger partial charge in [0.15, 0.2) is 11.5 Å². The van der Waals surface area contributed by atoms with Gasteiger partial charge >= 0.3 is 0 Å². The zero-order chi connectivity index (χ0) is 10.7. The van der Waals surface area contributed by atoms with Crippen LogP contribution in [-0.4, -0.2) is 12.9 Å². The number of rotatable bonds is 2. The van der Waals surface area contributed by atoms with Crippen molar-refractivity contribution < 1.29 is 9.53 Å². The number of halogens is 1. The van der Waals surface area contributed by atoms with E-state index in [-0.39, 0.29) is 21.4 Å². The van der Waals surface area contributed by atoms with Crippen LogP contribution < -0.4 is 10.2 Å². The lowest BCUT2D eigenvalue weighted by atomic mass is 10.2. The van der Waals surface area contributed by atoms with Crippen LogP contribution in [0.5, 0.6) is 5.75 Å². The van der Waals surface area contributed by atoms with Gasteiger partial charge in [0.1, 0.15) is 0 Å².